The zero-order valence-corrected chi connectivity index (χ0v) is 19.8. The molecule has 170 valence electrons. The Kier molecular flexibility index (Phi) is 5.18. The fourth-order valence-corrected chi connectivity index (χ4v) is 6.02. The van der Waals surface area contributed by atoms with Crippen molar-refractivity contribution in [1.82, 2.24) is 24.2 Å². The highest BCUT2D eigenvalue weighted by Crippen LogP contribution is 2.33. The smallest absolute Gasteiger partial charge is 0.279 e. The van der Waals surface area contributed by atoms with Crippen LogP contribution in [0.2, 0.25) is 0 Å². The Bertz CT molecular complexity index is 1450. The maximum Gasteiger partial charge on any atom is 0.279 e. The van der Waals surface area contributed by atoms with Crippen LogP contribution in [-0.2, 0) is 30.0 Å². The first-order valence-corrected chi connectivity index (χ1v) is 12.2. The van der Waals surface area contributed by atoms with Crippen LogP contribution in [0.1, 0.15) is 27.9 Å². The van der Waals surface area contributed by atoms with E-state index in [0.717, 1.165) is 33.5 Å². The van der Waals surface area contributed by atoms with Crippen LogP contribution in [0.15, 0.2) is 51.9 Å². The molecule has 0 unspecified atom stereocenters. The summed E-state index contributed by atoms with van der Waals surface area (Å²) in [6.45, 7) is 6.35. The molecule has 1 aliphatic heterocycles. The van der Waals surface area contributed by atoms with Gasteiger partial charge in [0.2, 0.25) is 15.8 Å². The predicted octanol–water partition coefficient (Wildman–Crippen LogP) is 3.81. The van der Waals surface area contributed by atoms with Crippen molar-refractivity contribution in [3.05, 3.63) is 70.4 Å². The highest BCUT2D eigenvalue weighted by molar-refractivity contribution is 7.89. The van der Waals surface area contributed by atoms with Gasteiger partial charge in [-0.3, -0.25) is 4.68 Å². The van der Waals surface area contributed by atoms with Crippen molar-refractivity contribution in [2.75, 3.05) is 6.54 Å². The topological polar surface area (TPSA) is 94.1 Å². The summed E-state index contributed by atoms with van der Waals surface area (Å²) in [5.74, 6) is 0.753. The molecule has 0 radical (unpaired) electrons. The van der Waals surface area contributed by atoms with Crippen LogP contribution >= 0.6 is 0 Å². The Hall–Kier alpha value is -3.30. The summed E-state index contributed by atoms with van der Waals surface area (Å²) < 4.78 is 36.0. The first kappa shape index (κ1) is 21.5. The van der Waals surface area contributed by atoms with Gasteiger partial charge in [0.1, 0.15) is 0 Å². The van der Waals surface area contributed by atoms with Gasteiger partial charge in [-0.2, -0.15) is 14.4 Å². The lowest BCUT2D eigenvalue weighted by Crippen LogP contribution is -2.36. The third kappa shape index (κ3) is 3.67. The van der Waals surface area contributed by atoms with Crippen LogP contribution in [0.5, 0.6) is 0 Å². The lowest BCUT2D eigenvalue weighted by molar-refractivity contribution is 0.385. The Labute approximate surface area is 192 Å². The number of aromatic nitrogens is 4. The maximum absolute atomic E-state index is 13.6. The fourth-order valence-electron chi connectivity index (χ4n) is 4.32. The van der Waals surface area contributed by atoms with Crippen molar-refractivity contribution in [1.29, 1.82) is 0 Å². The van der Waals surface area contributed by atoms with Crippen molar-refractivity contribution in [3.8, 4) is 23.0 Å². The number of aryl methyl sites for hydroxylation is 4. The Morgan fingerprint density at radius 3 is 2.48 bits per heavy atom. The van der Waals surface area contributed by atoms with Gasteiger partial charge >= 0.3 is 0 Å². The summed E-state index contributed by atoms with van der Waals surface area (Å²) in [5.41, 5.74) is 5.93. The van der Waals surface area contributed by atoms with Gasteiger partial charge in [0, 0.05) is 43.4 Å². The monoisotopic (exact) mass is 463 g/mol. The molecular weight excluding hydrogens is 438 g/mol. The minimum Gasteiger partial charge on any atom is -0.332 e. The van der Waals surface area contributed by atoms with Crippen molar-refractivity contribution in [2.45, 2.75) is 38.6 Å². The van der Waals surface area contributed by atoms with E-state index in [0.29, 0.717) is 29.4 Å². The molecule has 0 spiro atoms. The zero-order valence-electron chi connectivity index (χ0n) is 19.0. The van der Waals surface area contributed by atoms with Crippen LogP contribution in [0.3, 0.4) is 0 Å². The molecule has 0 aliphatic carbocycles. The molecule has 1 aliphatic rings. The average molecular weight is 464 g/mol. The Balaban J connectivity index is 1.52. The SMILES string of the molecule is Cc1cc(C)c(S(=O)(=O)N2CCc3c(c(-c4nc(-c5ccccc5)no4)nn3C)C2)cc1C. The van der Waals surface area contributed by atoms with E-state index in [1.807, 2.05) is 64.2 Å². The number of sulfonamides is 1. The minimum atomic E-state index is -3.67. The number of hydrogen-bond acceptors (Lipinski definition) is 6. The van der Waals surface area contributed by atoms with Crippen LogP contribution < -0.4 is 0 Å². The molecule has 4 aromatic rings. The van der Waals surface area contributed by atoms with Crippen LogP contribution in [0.4, 0.5) is 0 Å². The predicted molar refractivity (Wildman–Crippen MR) is 124 cm³/mol. The van der Waals surface area contributed by atoms with Crippen molar-refractivity contribution in [2.24, 2.45) is 7.05 Å². The first-order chi connectivity index (χ1) is 15.8. The lowest BCUT2D eigenvalue weighted by atomic mass is 10.1. The van der Waals surface area contributed by atoms with E-state index in [-0.39, 0.29) is 12.4 Å². The molecule has 0 amide bonds. The second kappa shape index (κ2) is 7.93. The van der Waals surface area contributed by atoms with Crippen molar-refractivity contribution >= 4 is 10.0 Å². The third-order valence-corrected chi connectivity index (χ3v) is 8.26. The molecule has 0 atom stereocenters. The van der Waals surface area contributed by atoms with E-state index in [9.17, 15) is 8.42 Å². The molecule has 9 heteroatoms. The van der Waals surface area contributed by atoms with Gasteiger partial charge in [-0.1, -0.05) is 41.6 Å². The molecule has 0 fully saturated rings. The van der Waals surface area contributed by atoms with Crippen molar-refractivity contribution in [3.63, 3.8) is 0 Å². The average Bonchev–Trinajstić information content (AvgIpc) is 3.41. The summed E-state index contributed by atoms with van der Waals surface area (Å²) in [6.07, 6.45) is 0.557. The molecule has 0 saturated heterocycles. The first-order valence-electron chi connectivity index (χ1n) is 10.8. The molecule has 5 rings (SSSR count). The number of nitrogens with zero attached hydrogens (tertiary/aromatic N) is 5. The van der Waals surface area contributed by atoms with Gasteiger partial charge in [-0.05, 0) is 43.5 Å². The normalized spacial score (nSPS) is 14.4. The second-order valence-corrected chi connectivity index (χ2v) is 10.4. The number of fused-ring (bicyclic) bond motifs is 1. The van der Waals surface area contributed by atoms with Crippen LogP contribution in [-0.4, -0.2) is 39.2 Å². The third-order valence-electron chi connectivity index (χ3n) is 6.28. The second-order valence-electron chi connectivity index (χ2n) is 8.48. The van der Waals surface area contributed by atoms with E-state index < -0.39 is 10.0 Å². The highest BCUT2D eigenvalue weighted by atomic mass is 32.2. The largest absolute Gasteiger partial charge is 0.332 e. The zero-order chi connectivity index (χ0) is 23.3. The van der Waals surface area contributed by atoms with Crippen molar-refractivity contribution < 1.29 is 12.9 Å². The quantitative estimate of drug-likeness (QED) is 0.457. The number of rotatable bonds is 4. The van der Waals surface area contributed by atoms with Crippen LogP contribution in [0.25, 0.3) is 23.0 Å². The summed E-state index contributed by atoms with van der Waals surface area (Å²) >= 11 is 0. The fraction of sp³-hybridized carbons (Fsp3) is 0.292. The lowest BCUT2D eigenvalue weighted by Gasteiger charge is -2.27. The van der Waals surface area contributed by atoms with E-state index in [1.165, 1.54) is 4.31 Å². The molecule has 0 saturated carbocycles. The van der Waals surface area contributed by atoms with Gasteiger partial charge in [-0.25, -0.2) is 8.42 Å². The molecule has 33 heavy (non-hydrogen) atoms. The molecule has 3 heterocycles. The summed E-state index contributed by atoms with van der Waals surface area (Å²) in [7, 11) is -1.82. The molecule has 0 N–H and O–H groups in total. The van der Waals surface area contributed by atoms with E-state index >= 15 is 0 Å². The number of hydrogen-bond donors (Lipinski definition) is 0. The molecule has 8 nitrogen and oxygen atoms in total. The van der Waals surface area contributed by atoms with Crippen LogP contribution in [0, 0.1) is 20.8 Å². The molecule has 2 aromatic carbocycles. The maximum atomic E-state index is 13.6. The highest BCUT2D eigenvalue weighted by Gasteiger charge is 2.34. The van der Waals surface area contributed by atoms with Gasteiger partial charge in [-0.15, -0.1) is 0 Å². The standard InChI is InChI=1S/C24H25N5O3S/c1-15-12-17(3)21(13-16(15)2)33(30,31)29-11-10-20-19(14-29)22(26-28(20)4)24-25-23(27-32-24)18-8-6-5-7-9-18/h5-9,12-13H,10-11,14H2,1-4H3. The van der Waals surface area contributed by atoms with E-state index in [2.05, 4.69) is 15.2 Å². The molecule has 0 bridgehead atoms. The minimum absolute atomic E-state index is 0.205. The molecular formula is C24H25N5O3S. The summed E-state index contributed by atoms with van der Waals surface area (Å²) in [6, 6.07) is 13.2. The Morgan fingerprint density at radius 2 is 1.73 bits per heavy atom. The Morgan fingerprint density at radius 1 is 1.00 bits per heavy atom. The molecule has 2 aromatic heterocycles. The van der Waals surface area contributed by atoms with E-state index in [4.69, 9.17) is 4.52 Å². The van der Waals surface area contributed by atoms with Gasteiger partial charge in [0.25, 0.3) is 5.89 Å². The number of benzene rings is 2. The summed E-state index contributed by atoms with van der Waals surface area (Å²) in [4.78, 5) is 4.88. The van der Waals surface area contributed by atoms with Gasteiger partial charge in [0.15, 0.2) is 5.69 Å². The van der Waals surface area contributed by atoms with Gasteiger partial charge in [0.05, 0.1) is 4.90 Å². The van der Waals surface area contributed by atoms with E-state index in [1.54, 1.807) is 10.7 Å². The summed E-state index contributed by atoms with van der Waals surface area (Å²) in [5, 5.41) is 8.70. The van der Waals surface area contributed by atoms with Gasteiger partial charge < -0.3 is 4.52 Å².